The van der Waals surface area contributed by atoms with Crippen molar-refractivity contribution in [2.75, 3.05) is 13.4 Å². The van der Waals surface area contributed by atoms with E-state index in [0.29, 0.717) is 5.75 Å². The molecule has 1 aromatic carbocycles. The van der Waals surface area contributed by atoms with Crippen LogP contribution in [0.5, 0.6) is 5.75 Å². The van der Waals surface area contributed by atoms with E-state index in [9.17, 15) is 4.21 Å². The molecule has 0 fully saturated rings. The molecule has 3 heteroatoms. The van der Waals surface area contributed by atoms with Gasteiger partial charge in [0.15, 0.2) is 0 Å². The predicted molar refractivity (Wildman–Crippen MR) is 50.8 cm³/mol. The van der Waals surface area contributed by atoms with Gasteiger partial charge in [-0.3, -0.25) is 4.21 Å². The van der Waals surface area contributed by atoms with Crippen molar-refractivity contribution in [1.82, 2.24) is 0 Å². The van der Waals surface area contributed by atoms with Crippen LogP contribution in [0.3, 0.4) is 0 Å². The largest absolute Gasteiger partial charge is 0.496 e. The van der Waals surface area contributed by atoms with Gasteiger partial charge in [-0.2, -0.15) is 0 Å². The van der Waals surface area contributed by atoms with Crippen molar-refractivity contribution in [2.24, 2.45) is 0 Å². The summed E-state index contributed by atoms with van der Waals surface area (Å²) in [7, 11) is 0.814. The van der Waals surface area contributed by atoms with E-state index in [1.165, 1.54) is 0 Å². The van der Waals surface area contributed by atoms with Crippen LogP contribution in [-0.2, 0) is 16.6 Å². The summed E-state index contributed by atoms with van der Waals surface area (Å²) in [6.07, 6.45) is 1.69. The maximum absolute atomic E-state index is 10.9. The summed E-state index contributed by atoms with van der Waals surface area (Å²) in [5, 5.41) is 0. The van der Waals surface area contributed by atoms with Gasteiger partial charge in [-0.15, -0.1) is 0 Å². The second-order valence-corrected chi connectivity index (χ2v) is 3.96. The predicted octanol–water partition coefficient (Wildman–Crippen LogP) is 1.57. The third kappa shape index (κ3) is 2.34. The Morgan fingerprint density at radius 2 is 2.08 bits per heavy atom. The summed E-state index contributed by atoms with van der Waals surface area (Å²) < 4.78 is 16.0. The fourth-order valence-electron chi connectivity index (χ4n) is 1.04. The topological polar surface area (TPSA) is 26.3 Å². The van der Waals surface area contributed by atoms with E-state index in [4.69, 9.17) is 4.74 Å². The Morgan fingerprint density at radius 3 is 2.67 bits per heavy atom. The monoisotopic (exact) mass is 184 g/mol. The molecule has 0 radical (unpaired) electrons. The molecule has 0 aromatic heterocycles. The minimum atomic E-state index is -0.808. The lowest BCUT2D eigenvalue weighted by molar-refractivity contribution is 0.411. The molecule has 0 unspecified atom stereocenters. The molecule has 0 aliphatic carbocycles. The second-order valence-electron chi connectivity index (χ2n) is 2.53. The van der Waals surface area contributed by atoms with E-state index in [1.54, 1.807) is 13.4 Å². The van der Waals surface area contributed by atoms with Gasteiger partial charge in [-0.05, 0) is 6.07 Å². The first-order valence-corrected chi connectivity index (χ1v) is 5.38. The Bertz CT molecular complexity index is 284. The first-order chi connectivity index (χ1) is 5.74. The standard InChI is InChI=1S/C9H12O2S/c1-11-9-6-4-3-5-8(9)7-12(2)10/h3-6H,7H2,1-2H3/t12-/m0/s1. The number of methoxy groups -OCH3 is 1. The van der Waals surface area contributed by atoms with Gasteiger partial charge in [0.1, 0.15) is 5.75 Å². The van der Waals surface area contributed by atoms with E-state index in [1.807, 2.05) is 24.3 Å². The van der Waals surface area contributed by atoms with E-state index < -0.39 is 10.8 Å². The molecule has 1 aromatic rings. The van der Waals surface area contributed by atoms with Gasteiger partial charge in [0, 0.05) is 22.6 Å². The van der Waals surface area contributed by atoms with Gasteiger partial charge in [-0.25, -0.2) is 0 Å². The number of hydrogen-bond acceptors (Lipinski definition) is 2. The number of hydrogen-bond donors (Lipinski definition) is 0. The summed E-state index contributed by atoms with van der Waals surface area (Å²) in [5.41, 5.74) is 1.00. The van der Waals surface area contributed by atoms with Crippen LogP contribution in [0.15, 0.2) is 24.3 Å². The molecule has 0 saturated carbocycles. The first kappa shape index (κ1) is 9.26. The summed E-state index contributed by atoms with van der Waals surface area (Å²) in [4.78, 5) is 0. The normalized spacial score (nSPS) is 12.5. The lowest BCUT2D eigenvalue weighted by Crippen LogP contribution is -1.95. The quantitative estimate of drug-likeness (QED) is 0.712. The molecule has 0 saturated heterocycles. The Labute approximate surface area is 75.0 Å². The minimum Gasteiger partial charge on any atom is -0.496 e. The maximum atomic E-state index is 10.9. The molecular formula is C9H12O2S. The molecule has 0 bridgehead atoms. The van der Waals surface area contributed by atoms with E-state index >= 15 is 0 Å². The summed E-state index contributed by atoms with van der Waals surface area (Å²) >= 11 is 0. The summed E-state index contributed by atoms with van der Waals surface area (Å²) in [5.74, 6) is 1.37. The first-order valence-electron chi connectivity index (χ1n) is 3.66. The van der Waals surface area contributed by atoms with Crippen molar-refractivity contribution >= 4 is 10.8 Å². The fourth-order valence-corrected chi connectivity index (χ4v) is 1.72. The Hall–Kier alpha value is -0.830. The zero-order valence-electron chi connectivity index (χ0n) is 7.24. The van der Waals surface area contributed by atoms with Crippen LogP contribution in [0, 0.1) is 0 Å². The number of para-hydroxylation sites is 1. The number of benzene rings is 1. The number of rotatable bonds is 3. The lowest BCUT2D eigenvalue weighted by atomic mass is 10.2. The highest BCUT2D eigenvalue weighted by atomic mass is 32.2. The third-order valence-electron chi connectivity index (χ3n) is 1.55. The molecule has 66 valence electrons. The Morgan fingerprint density at radius 1 is 1.42 bits per heavy atom. The van der Waals surface area contributed by atoms with Crippen molar-refractivity contribution in [2.45, 2.75) is 5.75 Å². The van der Waals surface area contributed by atoms with Gasteiger partial charge in [0.25, 0.3) is 0 Å². The molecule has 0 aliphatic rings. The smallest absolute Gasteiger partial charge is 0.122 e. The van der Waals surface area contributed by atoms with Gasteiger partial charge >= 0.3 is 0 Å². The fraction of sp³-hybridized carbons (Fsp3) is 0.333. The van der Waals surface area contributed by atoms with Crippen LogP contribution < -0.4 is 4.74 Å². The molecule has 0 aliphatic heterocycles. The van der Waals surface area contributed by atoms with Crippen molar-refractivity contribution in [3.8, 4) is 5.75 Å². The van der Waals surface area contributed by atoms with E-state index in [2.05, 4.69) is 0 Å². The Kier molecular flexibility index (Phi) is 3.29. The molecule has 2 nitrogen and oxygen atoms in total. The van der Waals surface area contributed by atoms with Crippen LogP contribution >= 0.6 is 0 Å². The highest BCUT2D eigenvalue weighted by molar-refractivity contribution is 7.83. The average molecular weight is 184 g/mol. The van der Waals surface area contributed by atoms with Crippen LogP contribution in [0.4, 0.5) is 0 Å². The van der Waals surface area contributed by atoms with Gasteiger partial charge in [0.05, 0.1) is 12.9 Å². The van der Waals surface area contributed by atoms with Gasteiger partial charge < -0.3 is 4.74 Å². The maximum Gasteiger partial charge on any atom is 0.122 e. The molecule has 1 atom stereocenters. The molecule has 0 amide bonds. The van der Waals surface area contributed by atoms with E-state index in [0.717, 1.165) is 11.3 Å². The van der Waals surface area contributed by atoms with Crippen LogP contribution in [0.1, 0.15) is 5.56 Å². The highest BCUT2D eigenvalue weighted by Crippen LogP contribution is 2.18. The molecule has 0 spiro atoms. The van der Waals surface area contributed by atoms with Gasteiger partial charge in [0.2, 0.25) is 0 Å². The third-order valence-corrected chi connectivity index (χ3v) is 2.27. The van der Waals surface area contributed by atoms with Gasteiger partial charge in [-0.1, -0.05) is 18.2 Å². The SMILES string of the molecule is COc1ccccc1C[S@](C)=O. The van der Waals surface area contributed by atoms with Crippen molar-refractivity contribution in [1.29, 1.82) is 0 Å². The molecule has 0 heterocycles. The zero-order valence-corrected chi connectivity index (χ0v) is 8.06. The average Bonchev–Trinajstić information content (AvgIpc) is 2.04. The summed E-state index contributed by atoms with van der Waals surface area (Å²) in [6, 6.07) is 7.63. The molecule has 0 N–H and O–H groups in total. The van der Waals surface area contributed by atoms with Crippen molar-refractivity contribution in [3.05, 3.63) is 29.8 Å². The van der Waals surface area contributed by atoms with Crippen LogP contribution in [0.25, 0.3) is 0 Å². The molecule has 12 heavy (non-hydrogen) atoms. The van der Waals surface area contributed by atoms with Crippen molar-refractivity contribution < 1.29 is 8.95 Å². The lowest BCUT2D eigenvalue weighted by Gasteiger charge is -2.05. The van der Waals surface area contributed by atoms with E-state index in [-0.39, 0.29) is 0 Å². The summed E-state index contributed by atoms with van der Waals surface area (Å²) in [6.45, 7) is 0. The minimum absolute atomic E-state index is 0.560. The molecular weight excluding hydrogens is 172 g/mol. The molecule has 1 rings (SSSR count). The number of ether oxygens (including phenoxy) is 1. The highest BCUT2D eigenvalue weighted by Gasteiger charge is 2.02. The Balaban J connectivity index is 2.89. The van der Waals surface area contributed by atoms with Crippen LogP contribution in [0.2, 0.25) is 0 Å². The second kappa shape index (κ2) is 4.26. The van der Waals surface area contributed by atoms with Crippen LogP contribution in [-0.4, -0.2) is 17.6 Å². The van der Waals surface area contributed by atoms with Crippen molar-refractivity contribution in [3.63, 3.8) is 0 Å². The zero-order chi connectivity index (χ0) is 8.97.